The maximum atomic E-state index is 12.3. The van der Waals surface area contributed by atoms with Crippen molar-refractivity contribution >= 4 is 38.9 Å². The predicted molar refractivity (Wildman–Crippen MR) is 91.3 cm³/mol. The molecule has 0 spiro atoms. The molecule has 1 N–H and O–H groups in total. The lowest BCUT2D eigenvalue weighted by molar-refractivity contribution is 0.581. The zero-order valence-corrected chi connectivity index (χ0v) is 14.5. The summed E-state index contributed by atoms with van der Waals surface area (Å²) in [6, 6.07) is 11.9. The van der Waals surface area contributed by atoms with E-state index in [2.05, 4.69) is 4.72 Å². The Kier molecular flexibility index (Phi) is 5.34. The quantitative estimate of drug-likeness (QED) is 0.889. The Morgan fingerprint density at radius 1 is 1.05 bits per heavy atom. The maximum Gasteiger partial charge on any atom is 0.242 e. The van der Waals surface area contributed by atoms with Gasteiger partial charge in [-0.3, -0.25) is 0 Å². The molecule has 22 heavy (non-hydrogen) atoms. The van der Waals surface area contributed by atoms with Crippen molar-refractivity contribution in [2.24, 2.45) is 0 Å². The molecular formula is C15H16Cl2N2O2S. The van der Waals surface area contributed by atoms with Crippen LogP contribution in [0.15, 0.2) is 47.4 Å². The molecule has 0 aliphatic heterocycles. The fraction of sp³-hybridized carbons (Fsp3) is 0.200. The molecular weight excluding hydrogens is 343 g/mol. The van der Waals surface area contributed by atoms with Crippen LogP contribution in [0.3, 0.4) is 0 Å². The summed E-state index contributed by atoms with van der Waals surface area (Å²) >= 11 is 11.8. The first kappa shape index (κ1) is 17.1. The fourth-order valence-electron chi connectivity index (χ4n) is 1.85. The molecule has 2 rings (SSSR count). The standard InChI is InChI=1S/C15H16Cl2N2O2S/c1-19(2)13-6-3-11(4-7-13)10-18-22(20,21)15-9-12(16)5-8-14(15)17/h3-9,18H,10H2,1-2H3. The molecule has 0 amide bonds. The molecule has 2 aromatic carbocycles. The van der Waals surface area contributed by atoms with E-state index >= 15 is 0 Å². The Morgan fingerprint density at radius 3 is 2.27 bits per heavy atom. The van der Waals surface area contributed by atoms with Crippen LogP contribution in [0.2, 0.25) is 10.0 Å². The van der Waals surface area contributed by atoms with E-state index in [1.165, 1.54) is 12.1 Å². The highest BCUT2D eigenvalue weighted by Gasteiger charge is 2.18. The van der Waals surface area contributed by atoms with Crippen LogP contribution in [0.4, 0.5) is 5.69 Å². The Balaban J connectivity index is 2.14. The van der Waals surface area contributed by atoms with Gasteiger partial charge < -0.3 is 4.90 Å². The topological polar surface area (TPSA) is 49.4 Å². The average Bonchev–Trinajstić information content (AvgIpc) is 2.48. The fourth-order valence-corrected chi connectivity index (χ4v) is 3.63. The van der Waals surface area contributed by atoms with Gasteiger partial charge >= 0.3 is 0 Å². The van der Waals surface area contributed by atoms with Gasteiger partial charge in [0.1, 0.15) is 4.90 Å². The Labute approximate surface area is 140 Å². The SMILES string of the molecule is CN(C)c1ccc(CNS(=O)(=O)c2cc(Cl)ccc2Cl)cc1. The molecule has 0 fully saturated rings. The molecule has 0 aliphatic rings. The van der Waals surface area contributed by atoms with Crippen molar-refractivity contribution in [2.75, 3.05) is 19.0 Å². The number of hydrogen-bond acceptors (Lipinski definition) is 3. The summed E-state index contributed by atoms with van der Waals surface area (Å²) in [5.41, 5.74) is 1.90. The predicted octanol–water partition coefficient (Wildman–Crippen LogP) is 3.54. The van der Waals surface area contributed by atoms with Gasteiger partial charge in [-0.05, 0) is 35.9 Å². The molecule has 4 nitrogen and oxygen atoms in total. The number of rotatable bonds is 5. The van der Waals surface area contributed by atoms with E-state index in [9.17, 15) is 8.42 Å². The molecule has 118 valence electrons. The van der Waals surface area contributed by atoms with Gasteiger partial charge in [0.2, 0.25) is 10.0 Å². The van der Waals surface area contributed by atoms with Crippen molar-refractivity contribution in [3.8, 4) is 0 Å². The minimum absolute atomic E-state index is 0.0217. The molecule has 0 unspecified atom stereocenters. The minimum atomic E-state index is -3.71. The summed E-state index contributed by atoms with van der Waals surface area (Å²) in [6.07, 6.45) is 0. The van der Waals surface area contributed by atoms with Crippen molar-refractivity contribution in [1.29, 1.82) is 0 Å². The number of anilines is 1. The van der Waals surface area contributed by atoms with Crippen LogP contribution < -0.4 is 9.62 Å². The number of halogens is 2. The second kappa shape index (κ2) is 6.87. The number of nitrogens with one attached hydrogen (secondary N) is 1. The van der Waals surface area contributed by atoms with E-state index in [4.69, 9.17) is 23.2 Å². The summed E-state index contributed by atoms with van der Waals surface area (Å²) in [5.74, 6) is 0. The van der Waals surface area contributed by atoms with Crippen LogP contribution in [0.1, 0.15) is 5.56 Å². The monoisotopic (exact) mass is 358 g/mol. The van der Waals surface area contributed by atoms with Gasteiger partial charge in [0.05, 0.1) is 5.02 Å². The summed E-state index contributed by atoms with van der Waals surface area (Å²) in [6.45, 7) is 0.179. The maximum absolute atomic E-state index is 12.3. The van der Waals surface area contributed by atoms with E-state index in [0.717, 1.165) is 11.3 Å². The van der Waals surface area contributed by atoms with Gasteiger partial charge in [0.25, 0.3) is 0 Å². The van der Waals surface area contributed by atoms with Gasteiger partial charge in [-0.2, -0.15) is 0 Å². The highest BCUT2D eigenvalue weighted by molar-refractivity contribution is 7.89. The lowest BCUT2D eigenvalue weighted by atomic mass is 10.2. The van der Waals surface area contributed by atoms with Crippen molar-refractivity contribution in [3.05, 3.63) is 58.1 Å². The van der Waals surface area contributed by atoms with Crippen LogP contribution >= 0.6 is 23.2 Å². The normalized spacial score (nSPS) is 11.5. The highest BCUT2D eigenvalue weighted by atomic mass is 35.5. The van der Waals surface area contributed by atoms with E-state index in [1.807, 2.05) is 43.3 Å². The number of nitrogens with zero attached hydrogens (tertiary/aromatic N) is 1. The van der Waals surface area contributed by atoms with Crippen LogP contribution in [0.5, 0.6) is 0 Å². The minimum Gasteiger partial charge on any atom is -0.378 e. The second-order valence-corrected chi connectivity index (χ2v) is 7.54. The Morgan fingerprint density at radius 2 is 1.68 bits per heavy atom. The van der Waals surface area contributed by atoms with Crippen molar-refractivity contribution in [1.82, 2.24) is 4.72 Å². The third kappa shape index (κ3) is 4.14. The van der Waals surface area contributed by atoms with Gasteiger partial charge in [0, 0.05) is 31.4 Å². The first-order valence-corrected chi connectivity index (χ1v) is 8.74. The lowest BCUT2D eigenvalue weighted by Crippen LogP contribution is -2.23. The number of benzene rings is 2. The van der Waals surface area contributed by atoms with E-state index in [0.29, 0.717) is 5.02 Å². The number of hydrogen-bond donors (Lipinski definition) is 1. The van der Waals surface area contributed by atoms with Crippen LogP contribution in [-0.2, 0) is 16.6 Å². The summed E-state index contributed by atoms with van der Waals surface area (Å²) in [4.78, 5) is 1.95. The van der Waals surface area contributed by atoms with Gasteiger partial charge in [-0.1, -0.05) is 35.3 Å². The van der Waals surface area contributed by atoms with E-state index in [1.54, 1.807) is 6.07 Å². The first-order chi connectivity index (χ1) is 10.3. The van der Waals surface area contributed by atoms with E-state index < -0.39 is 10.0 Å². The lowest BCUT2D eigenvalue weighted by Gasteiger charge is -2.13. The van der Waals surface area contributed by atoms with E-state index in [-0.39, 0.29) is 16.5 Å². The summed E-state index contributed by atoms with van der Waals surface area (Å²) < 4.78 is 27.1. The van der Waals surface area contributed by atoms with Gasteiger partial charge in [-0.15, -0.1) is 0 Å². The summed E-state index contributed by atoms with van der Waals surface area (Å²) in [7, 11) is 0.172. The molecule has 7 heteroatoms. The molecule has 0 bridgehead atoms. The second-order valence-electron chi connectivity index (χ2n) is 4.96. The van der Waals surface area contributed by atoms with Crippen LogP contribution in [0.25, 0.3) is 0 Å². The van der Waals surface area contributed by atoms with Crippen molar-refractivity contribution in [3.63, 3.8) is 0 Å². The van der Waals surface area contributed by atoms with Gasteiger partial charge in [0.15, 0.2) is 0 Å². The third-order valence-corrected chi connectivity index (χ3v) is 5.22. The zero-order valence-electron chi connectivity index (χ0n) is 12.2. The Bertz CT molecular complexity index is 760. The molecule has 2 aromatic rings. The molecule has 0 radical (unpaired) electrons. The molecule has 0 aliphatic carbocycles. The zero-order chi connectivity index (χ0) is 16.3. The average molecular weight is 359 g/mol. The van der Waals surface area contributed by atoms with Gasteiger partial charge in [-0.25, -0.2) is 13.1 Å². The molecule has 0 saturated heterocycles. The van der Waals surface area contributed by atoms with Crippen molar-refractivity contribution in [2.45, 2.75) is 11.4 Å². The van der Waals surface area contributed by atoms with Crippen molar-refractivity contribution < 1.29 is 8.42 Å². The first-order valence-electron chi connectivity index (χ1n) is 6.50. The molecule has 0 saturated carbocycles. The molecule has 0 heterocycles. The van der Waals surface area contributed by atoms with Crippen LogP contribution in [0, 0.1) is 0 Å². The smallest absolute Gasteiger partial charge is 0.242 e. The number of sulfonamides is 1. The highest BCUT2D eigenvalue weighted by Crippen LogP contribution is 2.25. The summed E-state index contributed by atoms with van der Waals surface area (Å²) in [5, 5.41) is 0.458. The Hall–Kier alpha value is -1.27. The molecule has 0 aromatic heterocycles. The molecule has 0 atom stereocenters. The van der Waals surface area contributed by atoms with Crippen LogP contribution in [-0.4, -0.2) is 22.5 Å². The third-order valence-electron chi connectivity index (χ3n) is 3.10. The largest absolute Gasteiger partial charge is 0.378 e.